The molecule has 0 saturated carbocycles. The third-order valence-electron chi connectivity index (χ3n) is 3.03. The molecule has 0 radical (unpaired) electrons. The molecule has 2 atom stereocenters. The summed E-state index contributed by atoms with van der Waals surface area (Å²) >= 11 is 5.88. The van der Waals surface area contributed by atoms with Gasteiger partial charge in [0, 0.05) is 10.9 Å². The second kappa shape index (κ2) is 4.37. The first-order chi connectivity index (χ1) is 7.99. The number of halogens is 1. The van der Waals surface area contributed by atoms with Gasteiger partial charge in [-0.3, -0.25) is 4.79 Å². The number of benzene rings is 1. The number of imidazole rings is 1. The van der Waals surface area contributed by atoms with E-state index in [2.05, 4.69) is 9.97 Å². The van der Waals surface area contributed by atoms with Crippen molar-refractivity contribution in [1.82, 2.24) is 9.97 Å². The number of rotatable bonds is 3. The summed E-state index contributed by atoms with van der Waals surface area (Å²) in [5, 5.41) is 9.60. The van der Waals surface area contributed by atoms with Crippen molar-refractivity contribution in [2.75, 3.05) is 0 Å². The molecule has 1 heterocycles. The molecule has 0 aliphatic carbocycles. The van der Waals surface area contributed by atoms with Gasteiger partial charge in [-0.05, 0) is 18.2 Å². The van der Waals surface area contributed by atoms with E-state index in [1.165, 1.54) is 0 Å². The lowest BCUT2D eigenvalue weighted by Crippen LogP contribution is -2.17. The molecule has 0 fully saturated rings. The molecule has 0 aliphatic rings. The largest absolute Gasteiger partial charge is 0.481 e. The van der Waals surface area contributed by atoms with E-state index in [1.54, 1.807) is 19.1 Å². The van der Waals surface area contributed by atoms with Gasteiger partial charge >= 0.3 is 5.97 Å². The van der Waals surface area contributed by atoms with Crippen LogP contribution in [-0.2, 0) is 4.79 Å². The van der Waals surface area contributed by atoms with Crippen molar-refractivity contribution in [3.8, 4) is 0 Å². The maximum absolute atomic E-state index is 10.9. The van der Waals surface area contributed by atoms with Crippen LogP contribution in [0.25, 0.3) is 11.0 Å². The van der Waals surface area contributed by atoms with Gasteiger partial charge in [0.05, 0.1) is 17.0 Å². The molecule has 1 aromatic carbocycles. The fourth-order valence-electron chi connectivity index (χ4n) is 1.67. The molecule has 0 spiro atoms. The van der Waals surface area contributed by atoms with Crippen molar-refractivity contribution in [2.24, 2.45) is 5.92 Å². The Morgan fingerprint density at radius 3 is 2.82 bits per heavy atom. The second-order valence-electron chi connectivity index (χ2n) is 4.20. The Kier molecular flexibility index (Phi) is 3.07. The number of nitrogens with zero attached hydrogens (tertiary/aromatic N) is 1. The van der Waals surface area contributed by atoms with E-state index in [9.17, 15) is 4.79 Å². The smallest absolute Gasteiger partial charge is 0.306 e. The minimum atomic E-state index is -0.823. The summed E-state index contributed by atoms with van der Waals surface area (Å²) in [4.78, 5) is 18.4. The highest BCUT2D eigenvalue weighted by Crippen LogP contribution is 2.25. The van der Waals surface area contributed by atoms with Crippen molar-refractivity contribution in [3.05, 3.63) is 29.0 Å². The summed E-state index contributed by atoms with van der Waals surface area (Å²) in [5.74, 6) is -0.794. The maximum atomic E-state index is 10.9. The number of aromatic nitrogens is 2. The van der Waals surface area contributed by atoms with Crippen LogP contribution >= 0.6 is 11.6 Å². The van der Waals surface area contributed by atoms with Crippen LogP contribution in [0.2, 0.25) is 5.02 Å². The van der Waals surface area contributed by atoms with Crippen molar-refractivity contribution in [3.63, 3.8) is 0 Å². The zero-order valence-corrected chi connectivity index (χ0v) is 10.3. The number of carbonyl (C=O) groups is 1. The van der Waals surface area contributed by atoms with E-state index < -0.39 is 11.9 Å². The molecular weight excluding hydrogens is 240 g/mol. The molecule has 0 aliphatic heterocycles. The molecule has 0 bridgehead atoms. The summed E-state index contributed by atoms with van der Waals surface area (Å²) in [6.45, 7) is 3.52. The van der Waals surface area contributed by atoms with E-state index in [0.717, 1.165) is 11.0 Å². The first-order valence-corrected chi connectivity index (χ1v) is 5.75. The van der Waals surface area contributed by atoms with Crippen LogP contribution in [0.15, 0.2) is 18.2 Å². The van der Waals surface area contributed by atoms with Gasteiger partial charge in [0.15, 0.2) is 0 Å². The Labute approximate surface area is 104 Å². The Morgan fingerprint density at radius 1 is 1.47 bits per heavy atom. The average Bonchev–Trinajstić information content (AvgIpc) is 2.69. The summed E-state index contributed by atoms with van der Waals surface area (Å²) in [5.41, 5.74) is 1.63. The number of hydrogen-bond acceptors (Lipinski definition) is 2. The van der Waals surface area contributed by atoms with Crippen molar-refractivity contribution >= 4 is 28.6 Å². The molecule has 90 valence electrons. The number of nitrogens with one attached hydrogen (secondary N) is 1. The number of H-pyrrole nitrogens is 1. The quantitative estimate of drug-likeness (QED) is 0.882. The van der Waals surface area contributed by atoms with E-state index >= 15 is 0 Å². The predicted octanol–water partition coefficient (Wildman–Crippen LogP) is 3.04. The predicted molar refractivity (Wildman–Crippen MR) is 66.3 cm³/mol. The monoisotopic (exact) mass is 252 g/mol. The standard InChI is InChI=1S/C12H13ClN2O2/c1-6(7(2)12(16)17)11-14-9-4-3-8(13)5-10(9)15-11/h3-7H,1-2H3,(H,14,15)(H,16,17). The minimum absolute atomic E-state index is 0.168. The molecule has 1 aromatic heterocycles. The fraction of sp³-hybridized carbons (Fsp3) is 0.333. The minimum Gasteiger partial charge on any atom is -0.481 e. The third-order valence-corrected chi connectivity index (χ3v) is 3.27. The van der Waals surface area contributed by atoms with Crippen LogP contribution < -0.4 is 0 Å². The van der Waals surface area contributed by atoms with Gasteiger partial charge in [0.2, 0.25) is 0 Å². The molecule has 2 aromatic rings. The summed E-state index contributed by atoms with van der Waals surface area (Å²) in [6, 6.07) is 5.36. The van der Waals surface area contributed by atoms with Crippen LogP contribution in [0.5, 0.6) is 0 Å². The Hall–Kier alpha value is -1.55. The van der Waals surface area contributed by atoms with Crippen molar-refractivity contribution in [2.45, 2.75) is 19.8 Å². The van der Waals surface area contributed by atoms with Gasteiger partial charge in [-0.1, -0.05) is 25.4 Å². The number of aliphatic carboxylic acids is 1. The average molecular weight is 253 g/mol. The number of carboxylic acid groups (broad SMARTS) is 1. The lowest BCUT2D eigenvalue weighted by molar-refractivity contribution is -0.141. The highest BCUT2D eigenvalue weighted by Gasteiger charge is 2.23. The lowest BCUT2D eigenvalue weighted by Gasteiger charge is -2.12. The van der Waals surface area contributed by atoms with Gasteiger partial charge < -0.3 is 10.1 Å². The molecule has 2 rings (SSSR count). The molecule has 4 nitrogen and oxygen atoms in total. The molecule has 0 saturated heterocycles. The molecular formula is C12H13ClN2O2. The van der Waals surface area contributed by atoms with Gasteiger partial charge in [0.1, 0.15) is 5.82 Å². The topological polar surface area (TPSA) is 66.0 Å². The molecule has 5 heteroatoms. The summed E-state index contributed by atoms with van der Waals surface area (Å²) < 4.78 is 0. The molecule has 2 unspecified atom stereocenters. The van der Waals surface area contributed by atoms with Crippen LogP contribution in [-0.4, -0.2) is 21.0 Å². The number of aromatic amines is 1. The lowest BCUT2D eigenvalue weighted by atomic mass is 9.96. The Morgan fingerprint density at radius 2 is 2.18 bits per heavy atom. The maximum Gasteiger partial charge on any atom is 0.306 e. The first kappa shape index (κ1) is 11.9. The molecule has 17 heavy (non-hydrogen) atoms. The number of carboxylic acids is 1. The SMILES string of the molecule is CC(C(=O)O)C(C)c1nc2ccc(Cl)cc2[nH]1. The Balaban J connectivity index is 2.39. The van der Waals surface area contributed by atoms with Crippen LogP contribution in [0, 0.1) is 5.92 Å². The van der Waals surface area contributed by atoms with Crippen molar-refractivity contribution in [1.29, 1.82) is 0 Å². The fourth-order valence-corrected chi connectivity index (χ4v) is 1.84. The zero-order valence-electron chi connectivity index (χ0n) is 9.57. The number of fused-ring (bicyclic) bond motifs is 1. The third kappa shape index (κ3) is 2.26. The highest BCUT2D eigenvalue weighted by molar-refractivity contribution is 6.31. The van der Waals surface area contributed by atoms with E-state index in [4.69, 9.17) is 16.7 Å². The van der Waals surface area contributed by atoms with Gasteiger partial charge in [0.25, 0.3) is 0 Å². The Bertz CT molecular complexity index is 565. The van der Waals surface area contributed by atoms with Crippen molar-refractivity contribution < 1.29 is 9.90 Å². The van der Waals surface area contributed by atoms with Crippen LogP contribution in [0.1, 0.15) is 25.6 Å². The first-order valence-electron chi connectivity index (χ1n) is 5.37. The highest BCUT2D eigenvalue weighted by atomic mass is 35.5. The zero-order chi connectivity index (χ0) is 12.6. The summed E-state index contributed by atoms with van der Waals surface area (Å²) in [6.07, 6.45) is 0. The van der Waals surface area contributed by atoms with Gasteiger partial charge in [-0.2, -0.15) is 0 Å². The van der Waals surface area contributed by atoms with Gasteiger partial charge in [-0.25, -0.2) is 4.98 Å². The second-order valence-corrected chi connectivity index (χ2v) is 4.64. The van der Waals surface area contributed by atoms with Gasteiger partial charge in [-0.15, -0.1) is 0 Å². The summed E-state index contributed by atoms with van der Waals surface area (Å²) in [7, 11) is 0. The van der Waals surface area contributed by atoms with E-state index in [-0.39, 0.29) is 5.92 Å². The van der Waals surface area contributed by atoms with E-state index in [1.807, 2.05) is 13.0 Å². The van der Waals surface area contributed by atoms with Crippen LogP contribution in [0.4, 0.5) is 0 Å². The number of hydrogen-bond donors (Lipinski definition) is 2. The van der Waals surface area contributed by atoms with E-state index in [0.29, 0.717) is 10.8 Å². The molecule has 0 amide bonds. The molecule has 2 N–H and O–H groups in total. The normalized spacial score (nSPS) is 14.8. The van der Waals surface area contributed by atoms with Crippen LogP contribution in [0.3, 0.4) is 0 Å².